The van der Waals surface area contributed by atoms with Gasteiger partial charge in [-0.05, 0) is 50.1 Å². The van der Waals surface area contributed by atoms with E-state index in [0.717, 1.165) is 25.0 Å². The maximum absolute atomic E-state index is 10.1. The molecule has 1 aromatic rings. The van der Waals surface area contributed by atoms with Gasteiger partial charge >= 0.3 is 0 Å². The monoisotopic (exact) mass is 255 g/mol. The number of hydrogen-bond donors (Lipinski definition) is 2. The van der Waals surface area contributed by atoms with Crippen molar-refractivity contribution in [2.75, 3.05) is 6.54 Å². The number of hydrogen-bond acceptors (Lipinski definition) is 3. The number of halogens is 1. The maximum Gasteiger partial charge on any atom is 0.125 e. The van der Waals surface area contributed by atoms with E-state index >= 15 is 0 Å². The van der Waals surface area contributed by atoms with Crippen LogP contribution in [0.25, 0.3) is 0 Å². The highest BCUT2D eigenvalue weighted by Gasteiger charge is 2.32. The fourth-order valence-corrected chi connectivity index (χ4v) is 2.43. The number of rotatable bonds is 3. The van der Waals surface area contributed by atoms with Gasteiger partial charge in [0.25, 0.3) is 0 Å². The molecule has 0 heterocycles. The average Bonchev–Trinajstić information content (AvgIpc) is 2.35. The van der Waals surface area contributed by atoms with Crippen molar-refractivity contribution in [1.82, 2.24) is 0 Å². The molecule has 94 valence electrons. The van der Waals surface area contributed by atoms with E-state index in [1.807, 2.05) is 12.1 Å². The maximum atomic E-state index is 10.1. The normalized spacial score (nSPS) is 29.0. The molecule has 0 bridgehead atoms. The molecule has 0 saturated heterocycles. The lowest BCUT2D eigenvalue weighted by Crippen LogP contribution is -2.43. The highest BCUT2D eigenvalue weighted by atomic mass is 35.5. The van der Waals surface area contributed by atoms with Crippen molar-refractivity contribution >= 4 is 11.6 Å². The second kappa shape index (κ2) is 5.71. The molecule has 0 aromatic heterocycles. The molecule has 4 heteroatoms. The summed E-state index contributed by atoms with van der Waals surface area (Å²) in [6, 6.07) is 7.21. The van der Waals surface area contributed by atoms with Gasteiger partial charge in [0.1, 0.15) is 11.9 Å². The van der Waals surface area contributed by atoms with Crippen LogP contribution in [0.15, 0.2) is 24.3 Å². The molecule has 1 aliphatic rings. The Morgan fingerprint density at radius 3 is 2.65 bits per heavy atom. The van der Waals surface area contributed by atoms with Crippen LogP contribution in [-0.4, -0.2) is 23.9 Å². The van der Waals surface area contributed by atoms with Crippen LogP contribution in [0.3, 0.4) is 0 Å². The molecule has 0 amide bonds. The van der Waals surface area contributed by atoms with Gasteiger partial charge in [-0.25, -0.2) is 0 Å². The summed E-state index contributed by atoms with van der Waals surface area (Å²) in [6.45, 7) is 0.516. The molecule has 1 aliphatic carbocycles. The van der Waals surface area contributed by atoms with Gasteiger partial charge in [0.2, 0.25) is 0 Å². The van der Waals surface area contributed by atoms with Crippen LogP contribution >= 0.6 is 11.6 Å². The first-order chi connectivity index (χ1) is 8.20. The topological polar surface area (TPSA) is 55.5 Å². The molecule has 1 fully saturated rings. The van der Waals surface area contributed by atoms with Crippen molar-refractivity contribution in [3.05, 3.63) is 29.3 Å². The molecule has 1 saturated carbocycles. The Kier molecular flexibility index (Phi) is 4.26. The highest BCUT2D eigenvalue weighted by Crippen LogP contribution is 2.28. The van der Waals surface area contributed by atoms with Gasteiger partial charge in [0.05, 0.1) is 6.10 Å². The minimum Gasteiger partial charge on any atom is -0.488 e. The van der Waals surface area contributed by atoms with E-state index in [0.29, 0.717) is 11.6 Å². The molecular formula is C13H18ClNO2. The SMILES string of the molecule is NC[C@H]1CCC[C@@H](Oc2ccc(Cl)cc2)[C@@H]1O. The number of aliphatic hydroxyl groups excluding tert-OH is 1. The lowest BCUT2D eigenvalue weighted by Gasteiger charge is -2.34. The van der Waals surface area contributed by atoms with E-state index in [2.05, 4.69) is 0 Å². The standard InChI is InChI=1S/C13H18ClNO2/c14-10-4-6-11(7-5-10)17-12-3-1-2-9(8-15)13(12)16/h4-7,9,12-13,16H,1-3,8,15H2/t9-,12-,13-/m1/s1. The van der Waals surface area contributed by atoms with Gasteiger partial charge in [0.15, 0.2) is 0 Å². The Morgan fingerprint density at radius 1 is 1.29 bits per heavy atom. The Hall–Kier alpha value is -0.770. The quantitative estimate of drug-likeness (QED) is 0.871. The summed E-state index contributed by atoms with van der Waals surface area (Å²) in [7, 11) is 0. The third-order valence-corrected chi connectivity index (χ3v) is 3.58. The molecule has 1 aromatic carbocycles. The van der Waals surface area contributed by atoms with Crippen LogP contribution < -0.4 is 10.5 Å². The van der Waals surface area contributed by atoms with E-state index in [4.69, 9.17) is 22.1 Å². The van der Waals surface area contributed by atoms with E-state index in [-0.39, 0.29) is 12.0 Å². The Labute approximate surface area is 107 Å². The zero-order valence-electron chi connectivity index (χ0n) is 9.68. The molecule has 17 heavy (non-hydrogen) atoms. The molecule has 0 aliphatic heterocycles. The smallest absolute Gasteiger partial charge is 0.125 e. The van der Waals surface area contributed by atoms with Crippen molar-refractivity contribution in [2.24, 2.45) is 11.7 Å². The van der Waals surface area contributed by atoms with Crippen LogP contribution in [0.2, 0.25) is 5.02 Å². The Bertz CT molecular complexity index is 355. The molecule has 3 atom stereocenters. The summed E-state index contributed by atoms with van der Waals surface area (Å²) < 4.78 is 5.79. The molecule has 0 spiro atoms. The lowest BCUT2D eigenvalue weighted by molar-refractivity contribution is -0.0282. The minimum atomic E-state index is -0.468. The number of ether oxygens (including phenoxy) is 1. The second-order valence-electron chi connectivity index (χ2n) is 4.53. The summed E-state index contributed by atoms with van der Waals surface area (Å²) in [5.41, 5.74) is 5.64. The third kappa shape index (κ3) is 3.12. The first-order valence-corrected chi connectivity index (χ1v) is 6.39. The molecule has 0 unspecified atom stereocenters. The van der Waals surface area contributed by atoms with E-state index < -0.39 is 6.10 Å². The van der Waals surface area contributed by atoms with Crippen molar-refractivity contribution in [1.29, 1.82) is 0 Å². The summed E-state index contributed by atoms with van der Waals surface area (Å²) in [5.74, 6) is 0.900. The Morgan fingerprint density at radius 2 is 2.00 bits per heavy atom. The van der Waals surface area contributed by atoms with Gasteiger partial charge in [-0.3, -0.25) is 0 Å². The van der Waals surface area contributed by atoms with E-state index in [1.54, 1.807) is 12.1 Å². The van der Waals surface area contributed by atoms with Gasteiger partial charge in [-0.15, -0.1) is 0 Å². The van der Waals surface area contributed by atoms with Crippen molar-refractivity contribution < 1.29 is 9.84 Å². The van der Waals surface area contributed by atoms with Crippen LogP contribution in [0.4, 0.5) is 0 Å². The summed E-state index contributed by atoms with van der Waals surface area (Å²) in [4.78, 5) is 0. The van der Waals surface area contributed by atoms with E-state index in [9.17, 15) is 5.11 Å². The van der Waals surface area contributed by atoms with Gasteiger partial charge in [-0.1, -0.05) is 11.6 Å². The summed E-state index contributed by atoms with van der Waals surface area (Å²) in [6.07, 6.45) is 2.29. The number of nitrogens with two attached hydrogens (primary N) is 1. The minimum absolute atomic E-state index is 0.154. The predicted octanol–water partition coefficient (Wildman–Crippen LogP) is 2.21. The molecule has 0 radical (unpaired) electrons. The lowest BCUT2D eigenvalue weighted by atomic mass is 9.84. The summed E-state index contributed by atoms with van der Waals surface area (Å²) >= 11 is 5.81. The third-order valence-electron chi connectivity index (χ3n) is 3.33. The first-order valence-electron chi connectivity index (χ1n) is 6.01. The number of aliphatic hydroxyl groups is 1. The average molecular weight is 256 g/mol. The molecular weight excluding hydrogens is 238 g/mol. The van der Waals surface area contributed by atoms with Gasteiger partial charge in [0, 0.05) is 10.9 Å². The van der Waals surface area contributed by atoms with Crippen LogP contribution in [-0.2, 0) is 0 Å². The largest absolute Gasteiger partial charge is 0.488 e. The fourth-order valence-electron chi connectivity index (χ4n) is 2.30. The van der Waals surface area contributed by atoms with Crippen molar-refractivity contribution in [3.63, 3.8) is 0 Å². The Balaban J connectivity index is 2.00. The van der Waals surface area contributed by atoms with E-state index in [1.165, 1.54) is 0 Å². The van der Waals surface area contributed by atoms with Gasteiger partial charge in [-0.2, -0.15) is 0 Å². The highest BCUT2D eigenvalue weighted by molar-refractivity contribution is 6.30. The zero-order valence-corrected chi connectivity index (χ0v) is 10.4. The molecule has 3 N–H and O–H groups in total. The summed E-state index contributed by atoms with van der Waals surface area (Å²) in [5, 5.41) is 10.8. The number of benzene rings is 1. The van der Waals surface area contributed by atoms with Crippen LogP contribution in [0.1, 0.15) is 19.3 Å². The van der Waals surface area contributed by atoms with Gasteiger partial charge < -0.3 is 15.6 Å². The fraction of sp³-hybridized carbons (Fsp3) is 0.538. The molecule has 3 nitrogen and oxygen atoms in total. The second-order valence-corrected chi connectivity index (χ2v) is 4.96. The van der Waals surface area contributed by atoms with Crippen LogP contribution in [0, 0.1) is 5.92 Å². The van der Waals surface area contributed by atoms with Crippen LogP contribution in [0.5, 0.6) is 5.75 Å². The van der Waals surface area contributed by atoms with Crippen molar-refractivity contribution in [3.8, 4) is 5.75 Å². The zero-order chi connectivity index (χ0) is 12.3. The van der Waals surface area contributed by atoms with Crippen molar-refractivity contribution in [2.45, 2.75) is 31.5 Å². The predicted molar refractivity (Wildman–Crippen MR) is 68.3 cm³/mol. The molecule has 2 rings (SSSR count). The first kappa shape index (κ1) is 12.7.